The van der Waals surface area contributed by atoms with Crippen LogP contribution in [0.4, 0.5) is 0 Å². The quantitative estimate of drug-likeness (QED) is 0.895. The molecule has 2 fully saturated rings. The van der Waals surface area contributed by atoms with Gasteiger partial charge in [0.05, 0.1) is 6.54 Å². The molecule has 2 atom stereocenters. The maximum absolute atomic E-state index is 5.08. The van der Waals surface area contributed by atoms with E-state index in [4.69, 9.17) is 4.52 Å². The first-order valence-corrected chi connectivity index (χ1v) is 7.40. The van der Waals surface area contributed by atoms with E-state index in [1.807, 2.05) is 6.92 Å². The number of piperazine rings is 1. The van der Waals surface area contributed by atoms with Crippen molar-refractivity contribution < 1.29 is 4.52 Å². The van der Waals surface area contributed by atoms with Crippen LogP contribution in [0.15, 0.2) is 4.52 Å². The lowest BCUT2D eigenvalue weighted by Gasteiger charge is -2.42. The largest absolute Gasteiger partial charge is 0.340 e. The molecule has 0 radical (unpaired) electrons. The van der Waals surface area contributed by atoms with E-state index in [0.29, 0.717) is 23.9 Å². The number of nitrogens with one attached hydrogen (secondary N) is 1. The van der Waals surface area contributed by atoms with Crippen LogP contribution in [-0.2, 0) is 6.54 Å². The summed E-state index contributed by atoms with van der Waals surface area (Å²) in [5.74, 6) is 3.01. The Morgan fingerprint density at radius 2 is 2.21 bits per heavy atom. The van der Waals surface area contributed by atoms with Gasteiger partial charge in [-0.05, 0) is 24.7 Å². The molecular formula is C14H24N4O. The number of aromatic nitrogens is 2. The van der Waals surface area contributed by atoms with Gasteiger partial charge >= 0.3 is 0 Å². The van der Waals surface area contributed by atoms with E-state index in [1.54, 1.807) is 0 Å². The van der Waals surface area contributed by atoms with Gasteiger partial charge in [0.1, 0.15) is 0 Å². The molecule has 1 aliphatic heterocycles. The van der Waals surface area contributed by atoms with Gasteiger partial charge in [-0.1, -0.05) is 19.0 Å². The second-order valence-electron chi connectivity index (χ2n) is 6.32. The molecule has 2 heterocycles. The van der Waals surface area contributed by atoms with Crippen molar-refractivity contribution in [3.05, 3.63) is 11.7 Å². The molecule has 2 unspecified atom stereocenters. The smallest absolute Gasteiger partial charge is 0.223 e. The highest BCUT2D eigenvalue weighted by molar-refractivity contribution is 4.97. The minimum absolute atomic E-state index is 0.564. The first kappa shape index (κ1) is 13.1. The zero-order valence-corrected chi connectivity index (χ0v) is 12.1. The molecule has 1 saturated heterocycles. The van der Waals surface area contributed by atoms with E-state index in [-0.39, 0.29) is 0 Å². The van der Waals surface area contributed by atoms with Gasteiger partial charge in [-0.2, -0.15) is 4.98 Å². The highest BCUT2D eigenvalue weighted by atomic mass is 16.5. The predicted molar refractivity (Wildman–Crippen MR) is 72.6 cm³/mol. The van der Waals surface area contributed by atoms with Crippen LogP contribution in [0.5, 0.6) is 0 Å². The lowest BCUT2D eigenvalue weighted by molar-refractivity contribution is 0.0819. The number of hydrogen-bond acceptors (Lipinski definition) is 5. The van der Waals surface area contributed by atoms with Crippen LogP contribution < -0.4 is 5.32 Å². The van der Waals surface area contributed by atoms with Gasteiger partial charge in [0.2, 0.25) is 5.89 Å². The molecule has 0 amide bonds. The lowest BCUT2D eigenvalue weighted by atomic mass is 9.97. The van der Waals surface area contributed by atoms with E-state index < -0.39 is 0 Å². The van der Waals surface area contributed by atoms with Gasteiger partial charge in [-0.3, -0.25) is 4.90 Å². The second-order valence-corrected chi connectivity index (χ2v) is 6.32. The fourth-order valence-electron chi connectivity index (χ4n) is 3.09. The summed E-state index contributed by atoms with van der Waals surface area (Å²) in [5.41, 5.74) is 0. The molecule has 3 rings (SSSR count). The Morgan fingerprint density at radius 1 is 1.42 bits per heavy atom. The molecule has 0 spiro atoms. The van der Waals surface area contributed by atoms with Crippen LogP contribution in [0.25, 0.3) is 0 Å². The van der Waals surface area contributed by atoms with Gasteiger partial charge in [0.15, 0.2) is 5.82 Å². The molecule has 5 heteroatoms. The van der Waals surface area contributed by atoms with Crippen molar-refractivity contribution in [2.45, 2.75) is 52.2 Å². The SMILES string of the molecule is Cc1nc(CN2CC(C3CC3)NCC2C(C)C)no1. The number of rotatable bonds is 4. The van der Waals surface area contributed by atoms with Crippen molar-refractivity contribution in [1.29, 1.82) is 0 Å². The first-order valence-electron chi connectivity index (χ1n) is 7.40. The highest BCUT2D eigenvalue weighted by Crippen LogP contribution is 2.35. The van der Waals surface area contributed by atoms with Crippen LogP contribution in [0.3, 0.4) is 0 Å². The fraction of sp³-hybridized carbons (Fsp3) is 0.857. The minimum Gasteiger partial charge on any atom is -0.340 e. The number of hydrogen-bond donors (Lipinski definition) is 1. The zero-order valence-electron chi connectivity index (χ0n) is 12.1. The topological polar surface area (TPSA) is 54.2 Å². The van der Waals surface area contributed by atoms with E-state index >= 15 is 0 Å². The molecule has 1 aliphatic carbocycles. The Hall–Kier alpha value is -0.940. The van der Waals surface area contributed by atoms with Crippen molar-refractivity contribution in [3.63, 3.8) is 0 Å². The predicted octanol–water partition coefficient (Wildman–Crippen LogP) is 1.59. The Bertz CT molecular complexity index is 427. The molecule has 1 N–H and O–H groups in total. The van der Waals surface area contributed by atoms with Gasteiger partial charge in [-0.25, -0.2) is 0 Å². The Kier molecular flexibility index (Phi) is 3.58. The summed E-state index contributed by atoms with van der Waals surface area (Å²) in [6, 6.07) is 1.22. The van der Waals surface area contributed by atoms with Crippen molar-refractivity contribution in [2.75, 3.05) is 13.1 Å². The molecule has 1 aromatic rings. The van der Waals surface area contributed by atoms with E-state index in [9.17, 15) is 0 Å². The van der Waals surface area contributed by atoms with E-state index in [2.05, 4.69) is 34.2 Å². The minimum atomic E-state index is 0.564. The Labute approximate surface area is 114 Å². The van der Waals surface area contributed by atoms with Gasteiger partial charge in [0, 0.05) is 32.1 Å². The van der Waals surface area contributed by atoms with Gasteiger partial charge in [-0.15, -0.1) is 0 Å². The number of aryl methyl sites for hydroxylation is 1. The summed E-state index contributed by atoms with van der Waals surface area (Å²) in [6.45, 7) is 9.43. The summed E-state index contributed by atoms with van der Waals surface area (Å²) in [5, 5.41) is 7.77. The summed E-state index contributed by atoms with van der Waals surface area (Å²) in [7, 11) is 0. The van der Waals surface area contributed by atoms with Crippen LogP contribution in [0.1, 0.15) is 38.4 Å². The molecule has 1 aromatic heterocycles. The lowest BCUT2D eigenvalue weighted by Crippen LogP contribution is -2.58. The number of nitrogens with zero attached hydrogens (tertiary/aromatic N) is 3. The summed E-state index contributed by atoms with van der Waals surface area (Å²) in [4.78, 5) is 6.88. The second kappa shape index (κ2) is 5.21. The van der Waals surface area contributed by atoms with E-state index in [1.165, 1.54) is 12.8 Å². The molecular weight excluding hydrogens is 240 g/mol. The highest BCUT2D eigenvalue weighted by Gasteiger charge is 2.38. The summed E-state index contributed by atoms with van der Waals surface area (Å²) < 4.78 is 5.08. The van der Waals surface area contributed by atoms with E-state index in [0.717, 1.165) is 31.4 Å². The Morgan fingerprint density at radius 3 is 2.79 bits per heavy atom. The maximum Gasteiger partial charge on any atom is 0.223 e. The third kappa shape index (κ3) is 2.98. The average molecular weight is 264 g/mol. The first-order chi connectivity index (χ1) is 9.13. The van der Waals surface area contributed by atoms with Crippen molar-refractivity contribution in [2.24, 2.45) is 11.8 Å². The fourth-order valence-corrected chi connectivity index (χ4v) is 3.09. The third-order valence-electron chi connectivity index (χ3n) is 4.36. The Balaban J connectivity index is 1.69. The van der Waals surface area contributed by atoms with Crippen molar-refractivity contribution in [1.82, 2.24) is 20.4 Å². The molecule has 106 valence electrons. The summed E-state index contributed by atoms with van der Waals surface area (Å²) >= 11 is 0. The molecule has 5 nitrogen and oxygen atoms in total. The van der Waals surface area contributed by atoms with Crippen LogP contribution in [-0.4, -0.2) is 40.2 Å². The average Bonchev–Trinajstić information content (AvgIpc) is 3.14. The molecule has 2 aliphatic rings. The van der Waals surface area contributed by atoms with Crippen molar-refractivity contribution >= 4 is 0 Å². The van der Waals surface area contributed by atoms with Gasteiger partial charge in [0.25, 0.3) is 0 Å². The zero-order chi connectivity index (χ0) is 13.4. The molecule has 19 heavy (non-hydrogen) atoms. The van der Waals surface area contributed by atoms with Gasteiger partial charge < -0.3 is 9.84 Å². The van der Waals surface area contributed by atoms with Crippen molar-refractivity contribution in [3.8, 4) is 0 Å². The van der Waals surface area contributed by atoms with Crippen LogP contribution >= 0.6 is 0 Å². The molecule has 0 aromatic carbocycles. The van der Waals surface area contributed by atoms with Crippen LogP contribution in [0, 0.1) is 18.8 Å². The summed E-state index contributed by atoms with van der Waals surface area (Å²) in [6.07, 6.45) is 2.78. The third-order valence-corrected chi connectivity index (χ3v) is 4.36. The molecule has 0 bridgehead atoms. The normalized spacial score (nSPS) is 29.1. The maximum atomic E-state index is 5.08. The van der Waals surface area contributed by atoms with Crippen LogP contribution in [0.2, 0.25) is 0 Å². The molecule has 1 saturated carbocycles. The standard InChI is InChI=1S/C14H24N4O/c1-9(2)13-6-15-12(11-4-5-11)7-18(13)8-14-16-10(3)19-17-14/h9,11-13,15H,4-8H2,1-3H3. The monoisotopic (exact) mass is 264 g/mol.